The summed E-state index contributed by atoms with van der Waals surface area (Å²) in [5.74, 6) is -1.30. The monoisotopic (exact) mass is 283 g/mol. The zero-order valence-corrected chi connectivity index (χ0v) is 11.7. The smallest absolute Gasteiger partial charge is 0.317 e. The Labute approximate surface area is 117 Å². The predicted molar refractivity (Wildman–Crippen MR) is 71.0 cm³/mol. The summed E-state index contributed by atoms with van der Waals surface area (Å²) in [5.41, 5.74) is 0. The van der Waals surface area contributed by atoms with Gasteiger partial charge in [0.05, 0.1) is 19.6 Å². The Kier molecular flexibility index (Phi) is 4.59. The maximum atomic E-state index is 12.0. The number of aliphatic carboxylic acids is 1. The van der Waals surface area contributed by atoms with Crippen LogP contribution in [-0.4, -0.2) is 71.5 Å². The summed E-state index contributed by atoms with van der Waals surface area (Å²) in [4.78, 5) is 37.4. The number of amides is 2. The molecule has 2 rings (SSSR count). The number of likely N-dealkylation sites (N-methyl/N-ethyl adjacent to an activating group) is 1. The molecule has 0 aromatic heterocycles. The standard InChI is InChI=1S/C13H21N3O4/c1-15(6-11(17)14-9-2-3-9)12(18)7-16(8-13(19)20)10-4-5-10/h9-10H,2-8H2,1H3,(H,14,17)(H,19,20). The Balaban J connectivity index is 1.75. The van der Waals surface area contributed by atoms with Crippen LogP contribution >= 0.6 is 0 Å². The minimum atomic E-state index is -0.932. The summed E-state index contributed by atoms with van der Waals surface area (Å²) in [6.07, 6.45) is 3.90. The van der Waals surface area contributed by atoms with Crippen molar-refractivity contribution >= 4 is 17.8 Å². The van der Waals surface area contributed by atoms with Crippen molar-refractivity contribution in [3.63, 3.8) is 0 Å². The van der Waals surface area contributed by atoms with Gasteiger partial charge >= 0.3 is 5.97 Å². The lowest BCUT2D eigenvalue weighted by atomic mass is 10.4. The van der Waals surface area contributed by atoms with Crippen molar-refractivity contribution in [2.45, 2.75) is 37.8 Å². The Morgan fingerprint density at radius 3 is 2.25 bits per heavy atom. The molecule has 2 aliphatic rings. The molecule has 2 fully saturated rings. The molecule has 0 aromatic rings. The summed E-state index contributed by atoms with van der Waals surface area (Å²) >= 11 is 0. The van der Waals surface area contributed by atoms with Crippen LogP contribution in [0, 0.1) is 0 Å². The second-order valence-corrected chi connectivity index (χ2v) is 5.62. The van der Waals surface area contributed by atoms with Crippen LogP contribution in [0.5, 0.6) is 0 Å². The molecular formula is C13H21N3O4. The third-order valence-electron chi connectivity index (χ3n) is 3.49. The lowest BCUT2D eigenvalue weighted by Crippen LogP contribution is -2.45. The van der Waals surface area contributed by atoms with E-state index >= 15 is 0 Å². The molecule has 0 aromatic carbocycles. The highest BCUT2D eigenvalue weighted by Crippen LogP contribution is 2.26. The first-order chi connectivity index (χ1) is 9.45. The van der Waals surface area contributed by atoms with Gasteiger partial charge in [-0.05, 0) is 25.7 Å². The molecule has 0 aliphatic heterocycles. The van der Waals surface area contributed by atoms with Crippen LogP contribution in [0.1, 0.15) is 25.7 Å². The molecule has 112 valence electrons. The molecule has 7 heteroatoms. The lowest BCUT2D eigenvalue weighted by Gasteiger charge is -2.23. The van der Waals surface area contributed by atoms with Crippen LogP contribution in [0.15, 0.2) is 0 Å². The van der Waals surface area contributed by atoms with Gasteiger partial charge in [0.2, 0.25) is 11.8 Å². The van der Waals surface area contributed by atoms with Crippen molar-refractivity contribution in [3.05, 3.63) is 0 Å². The quantitative estimate of drug-likeness (QED) is 0.613. The van der Waals surface area contributed by atoms with Gasteiger partial charge in [0.25, 0.3) is 0 Å². The third kappa shape index (κ3) is 4.80. The number of nitrogens with zero attached hydrogens (tertiary/aromatic N) is 2. The van der Waals surface area contributed by atoms with Gasteiger partial charge in [0.15, 0.2) is 0 Å². The number of hydrogen-bond acceptors (Lipinski definition) is 4. The Hall–Kier alpha value is -1.63. The minimum Gasteiger partial charge on any atom is -0.480 e. The molecule has 2 aliphatic carbocycles. The maximum absolute atomic E-state index is 12.0. The first-order valence-electron chi connectivity index (χ1n) is 6.95. The summed E-state index contributed by atoms with van der Waals surface area (Å²) in [5, 5.41) is 11.7. The first kappa shape index (κ1) is 14.8. The zero-order valence-electron chi connectivity index (χ0n) is 11.7. The molecule has 0 atom stereocenters. The molecule has 0 saturated heterocycles. The Bertz CT molecular complexity index is 404. The normalized spacial score (nSPS) is 17.9. The summed E-state index contributed by atoms with van der Waals surface area (Å²) in [6, 6.07) is 0.477. The molecule has 7 nitrogen and oxygen atoms in total. The minimum absolute atomic E-state index is 0.0287. The van der Waals surface area contributed by atoms with Crippen molar-refractivity contribution < 1.29 is 19.5 Å². The van der Waals surface area contributed by atoms with Gasteiger partial charge in [-0.2, -0.15) is 0 Å². The summed E-state index contributed by atoms with van der Waals surface area (Å²) in [6.45, 7) is -0.0381. The number of carbonyl (C=O) groups is 3. The lowest BCUT2D eigenvalue weighted by molar-refractivity contribution is -0.140. The molecular weight excluding hydrogens is 262 g/mol. The summed E-state index contributed by atoms with van der Waals surface area (Å²) in [7, 11) is 1.57. The Morgan fingerprint density at radius 2 is 1.75 bits per heavy atom. The van der Waals surface area contributed by atoms with Gasteiger partial charge in [-0.15, -0.1) is 0 Å². The SMILES string of the molecule is CN(CC(=O)NC1CC1)C(=O)CN(CC(=O)O)C1CC1. The summed E-state index contributed by atoms with van der Waals surface area (Å²) < 4.78 is 0. The fraction of sp³-hybridized carbons (Fsp3) is 0.769. The van der Waals surface area contributed by atoms with Crippen LogP contribution < -0.4 is 5.32 Å². The van der Waals surface area contributed by atoms with Crippen LogP contribution in [0.3, 0.4) is 0 Å². The Morgan fingerprint density at radius 1 is 1.10 bits per heavy atom. The van der Waals surface area contributed by atoms with Gasteiger partial charge in [0, 0.05) is 19.1 Å². The van der Waals surface area contributed by atoms with Crippen LogP contribution in [0.4, 0.5) is 0 Å². The van der Waals surface area contributed by atoms with Crippen molar-refractivity contribution in [2.24, 2.45) is 0 Å². The van der Waals surface area contributed by atoms with Crippen LogP contribution in [0.25, 0.3) is 0 Å². The van der Waals surface area contributed by atoms with Crippen LogP contribution in [0.2, 0.25) is 0 Å². The van der Waals surface area contributed by atoms with Crippen molar-refractivity contribution in [2.75, 3.05) is 26.7 Å². The molecule has 20 heavy (non-hydrogen) atoms. The van der Waals surface area contributed by atoms with E-state index < -0.39 is 5.97 Å². The fourth-order valence-corrected chi connectivity index (χ4v) is 2.03. The number of carboxylic acid groups (broad SMARTS) is 1. The van der Waals surface area contributed by atoms with Gasteiger partial charge in [-0.3, -0.25) is 19.3 Å². The molecule has 2 N–H and O–H groups in total. The van der Waals surface area contributed by atoms with E-state index in [9.17, 15) is 14.4 Å². The number of carbonyl (C=O) groups excluding carboxylic acids is 2. The largest absolute Gasteiger partial charge is 0.480 e. The van der Waals surface area contributed by atoms with E-state index in [1.807, 2.05) is 0 Å². The van der Waals surface area contributed by atoms with Crippen molar-refractivity contribution in [3.8, 4) is 0 Å². The van der Waals surface area contributed by atoms with E-state index in [0.29, 0.717) is 0 Å². The van der Waals surface area contributed by atoms with Gasteiger partial charge in [0.1, 0.15) is 0 Å². The van der Waals surface area contributed by atoms with Gasteiger partial charge in [-0.25, -0.2) is 0 Å². The number of carboxylic acids is 1. The third-order valence-corrected chi connectivity index (χ3v) is 3.49. The highest BCUT2D eigenvalue weighted by atomic mass is 16.4. The molecule has 0 bridgehead atoms. The number of rotatable bonds is 8. The highest BCUT2D eigenvalue weighted by molar-refractivity contribution is 5.86. The van der Waals surface area contributed by atoms with E-state index in [2.05, 4.69) is 5.32 Å². The molecule has 0 heterocycles. The number of nitrogens with one attached hydrogen (secondary N) is 1. The topological polar surface area (TPSA) is 90.0 Å². The number of hydrogen-bond donors (Lipinski definition) is 2. The van der Waals surface area contributed by atoms with E-state index in [1.54, 1.807) is 11.9 Å². The molecule has 0 radical (unpaired) electrons. The molecule has 2 amide bonds. The first-order valence-corrected chi connectivity index (χ1v) is 6.95. The molecule has 2 saturated carbocycles. The molecule has 0 spiro atoms. The second-order valence-electron chi connectivity index (χ2n) is 5.62. The van der Waals surface area contributed by atoms with E-state index in [1.165, 1.54) is 4.90 Å². The predicted octanol–water partition coefficient (Wildman–Crippen LogP) is -0.728. The van der Waals surface area contributed by atoms with Crippen molar-refractivity contribution in [1.29, 1.82) is 0 Å². The average Bonchev–Trinajstić information content (AvgIpc) is 3.21. The second kappa shape index (κ2) is 6.21. The fourth-order valence-electron chi connectivity index (χ4n) is 2.03. The zero-order chi connectivity index (χ0) is 14.7. The maximum Gasteiger partial charge on any atom is 0.317 e. The van der Waals surface area contributed by atoms with Gasteiger partial charge in [-0.1, -0.05) is 0 Å². The highest BCUT2D eigenvalue weighted by Gasteiger charge is 2.32. The average molecular weight is 283 g/mol. The van der Waals surface area contributed by atoms with E-state index in [-0.39, 0.29) is 43.5 Å². The van der Waals surface area contributed by atoms with E-state index in [0.717, 1.165) is 25.7 Å². The molecule has 0 unspecified atom stereocenters. The van der Waals surface area contributed by atoms with Crippen LogP contribution in [-0.2, 0) is 14.4 Å². The van der Waals surface area contributed by atoms with E-state index in [4.69, 9.17) is 5.11 Å². The van der Waals surface area contributed by atoms with Crippen molar-refractivity contribution in [1.82, 2.24) is 15.1 Å². The van der Waals surface area contributed by atoms with Gasteiger partial charge < -0.3 is 15.3 Å².